The van der Waals surface area contributed by atoms with Gasteiger partial charge in [-0.05, 0) is 40.5 Å². The van der Waals surface area contributed by atoms with E-state index in [1.165, 1.54) is 6.07 Å². The molecule has 0 atom stereocenters. The lowest BCUT2D eigenvalue weighted by Gasteiger charge is -2.04. The average Bonchev–Trinajstić information content (AvgIpc) is 1.94. The van der Waals surface area contributed by atoms with Gasteiger partial charge in [-0.25, -0.2) is 0 Å². The van der Waals surface area contributed by atoms with Crippen molar-refractivity contribution in [2.24, 2.45) is 0 Å². The number of aryl methyl sites for hydroxylation is 1. The van der Waals surface area contributed by atoms with Crippen LogP contribution >= 0.6 is 15.9 Å². The third-order valence-electron chi connectivity index (χ3n) is 1.60. The normalized spacial score (nSPS) is 11.6. The first-order valence-electron chi connectivity index (χ1n) is 3.35. The van der Waals surface area contributed by atoms with Crippen molar-refractivity contribution in [1.82, 2.24) is 0 Å². The zero-order valence-electron chi connectivity index (χ0n) is 6.78. The van der Waals surface area contributed by atoms with Crippen molar-refractivity contribution in [2.75, 3.05) is 5.73 Å². The van der Waals surface area contributed by atoms with E-state index in [0.717, 1.165) is 5.56 Å². The van der Waals surface area contributed by atoms with Gasteiger partial charge in [0.2, 0.25) is 0 Å². The van der Waals surface area contributed by atoms with Crippen LogP contribution in [0.3, 0.4) is 0 Å². The second-order valence-corrected chi connectivity index (χ2v) is 4.86. The van der Waals surface area contributed by atoms with Crippen LogP contribution < -0.4 is 5.73 Å². The van der Waals surface area contributed by atoms with Crippen LogP contribution in [-0.2, 0) is 10.1 Å². The molecule has 72 valence electrons. The first-order chi connectivity index (χ1) is 5.82. The van der Waals surface area contributed by atoms with Crippen LogP contribution in [0.4, 0.5) is 5.69 Å². The van der Waals surface area contributed by atoms with E-state index in [1.54, 1.807) is 13.0 Å². The van der Waals surface area contributed by atoms with Crippen LogP contribution in [0.15, 0.2) is 21.5 Å². The summed E-state index contributed by atoms with van der Waals surface area (Å²) in [5.74, 6) is 0. The highest BCUT2D eigenvalue weighted by atomic mass is 79.9. The summed E-state index contributed by atoms with van der Waals surface area (Å²) < 4.78 is 30.7. The van der Waals surface area contributed by atoms with Gasteiger partial charge in [0.05, 0.1) is 0 Å². The van der Waals surface area contributed by atoms with Gasteiger partial charge in [0.1, 0.15) is 4.90 Å². The van der Waals surface area contributed by atoms with E-state index >= 15 is 0 Å². The molecule has 0 unspecified atom stereocenters. The van der Waals surface area contributed by atoms with Crippen LogP contribution in [0.5, 0.6) is 0 Å². The second-order valence-electron chi connectivity index (χ2n) is 2.61. The van der Waals surface area contributed by atoms with Crippen molar-refractivity contribution in [3.63, 3.8) is 0 Å². The minimum absolute atomic E-state index is 0.212. The lowest BCUT2D eigenvalue weighted by atomic mass is 10.2. The Hall–Kier alpha value is -0.590. The third kappa shape index (κ3) is 2.20. The van der Waals surface area contributed by atoms with E-state index in [9.17, 15) is 8.42 Å². The highest BCUT2D eigenvalue weighted by molar-refractivity contribution is 9.10. The van der Waals surface area contributed by atoms with Gasteiger partial charge in [-0.3, -0.25) is 4.55 Å². The molecule has 0 spiro atoms. The van der Waals surface area contributed by atoms with E-state index in [-0.39, 0.29) is 4.90 Å². The minimum Gasteiger partial charge on any atom is -0.398 e. The smallest absolute Gasteiger partial charge is 0.295 e. The fourth-order valence-electron chi connectivity index (χ4n) is 0.866. The molecule has 0 saturated carbocycles. The maximum atomic E-state index is 10.8. The molecule has 0 aromatic heterocycles. The molecular weight excluding hydrogens is 258 g/mol. The molecule has 6 heteroatoms. The maximum absolute atomic E-state index is 10.8. The fraction of sp³-hybridized carbons (Fsp3) is 0.143. The molecule has 13 heavy (non-hydrogen) atoms. The topological polar surface area (TPSA) is 80.4 Å². The maximum Gasteiger partial charge on any atom is 0.295 e. The molecule has 0 bridgehead atoms. The number of nitrogen functional groups attached to an aromatic ring is 1. The third-order valence-corrected chi connectivity index (χ3v) is 3.41. The van der Waals surface area contributed by atoms with Crippen molar-refractivity contribution in [3.8, 4) is 0 Å². The number of halogens is 1. The molecule has 1 aromatic carbocycles. The van der Waals surface area contributed by atoms with Gasteiger partial charge < -0.3 is 5.73 Å². The predicted octanol–water partition coefficient (Wildman–Crippen LogP) is 1.59. The highest BCUT2D eigenvalue weighted by Gasteiger charge is 2.15. The quantitative estimate of drug-likeness (QED) is 0.597. The number of hydrogen-bond acceptors (Lipinski definition) is 3. The van der Waals surface area contributed by atoms with Crippen molar-refractivity contribution in [1.29, 1.82) is 0 Å². The second kappa shape index (κ2) is 3.28. The van der Waals surface area contributed by atoms with E-state index in [0.29, 0.717) is 10.2 Å². The molecule has 4 nitrogen and oxygen atoms in total. The lowest BCUT2D eigenvalue weighted by Crippen LogP contribution is -2.01. The summed E-state index contributed by atoms with van der Waals surface area (Å²) in [4.78, 5) is -0.212. The van der Waals surface area contributed by atoms with Gasteiger partial charge in [-0.1, -0.05) is 0 Å². The van der Waals surface area contributed by atoms with Crippen molar-refractivity contribution >= 4 is 31.7 Å². The van der Waals surface area contributed by atoms with Crippen molar-refractivity contribution in [3.05, 3.63) is 22.2 Å². The molecule has 0 fully saturated rings. The van der Waals surface area contributed by atoms with E-state index < -0.39 is 10.1 Å². The Kier molecular flexibility index (Phi) is 2.65. The molecule has 0 aliphatic rings. The zero-order valence-corrected chi connectivity index (χ0v) is 9.18. The number of benzene rings is 1. The van der Waals surface area contributed by atoms with Gasteiger partial charge in [0.15, 0.2) is 0 Å². The summed E-state index contributed by atoms with van der Waals surface area (Å²) in [7, 11) is -4.20. The Morgan fingerprint density at radius 3 is 2.46 bits per heavy atom. The van der Waals surface area contributed by atoms with Gasteiger partial charge in [-0.2, -0.15) is 8.42 Å². The first-order valence-corrected chi connectivity index (χ1v) is 5.59. The Morgan fingerprint density at radius 1 is 1.46 bits per heavy atom. The van der Waals surface area contributed by atoms with Gasteiger partial charge in [-0.15, -0.1) is 0 Å². The Morgan fingerprint density at radius 2 is 2.00 bits per heavy atom. The molecule has 0 amide bonds. The van der Waals surface area contributed by atoms with Crippen LogP contribution in [0.1, 0.15) is 5.56 Å². The van der Waals surface area contributed by atoms with Crippen LogP contribution in [0, 0.1) is 6.92 Å². The van der Waals surface area contributed by atoms with Gasteiger partial charge >= 0.3 is 0 Å². The molecular formula is C7H8BrNO3S. The average molecular weight is 266 g/mol. The lowest BCUT2D eigenvalue weighted by molar-refractivity contribution is 0.482. The molecule has 0 aliphatic carbocycles. The van der Waals surface area contributed by atoms with Crippen LogP contribution in [0.25, 0.3) is 0 Å². The number of rotatable bonds is 1. The first kappa shape index (κ1) is 10.5. The van der Waals surface area contributed by atoms with Crippen molar-refractivity contribution < 1.29 is 13.0 Å². The van der Waals surface area contributed by atoms with Crippen LogP contribution in [-0.4, -0.2) is 13.0 Å². The Balaban J connectivity index is 3.50. The molecule has 0 radical (unpaired) electrons. The molecule has 0 aliphatic heterocycles. The number of anilines is 1. The standard InChI is InChI=1S/C7H8BrNO3S/c1-4-2-5(8)7(3-6(4)9)13(10,11)12/h2-3H,9H2,1H3,(H,10,11,12). The highest BCUT2D eigenvalue weighted by Crippen LogP contribution is 2.26. The fourth-order valence-corrected chi connectivity index (χ4v) is 2.52. The molecule has 1 aromatic rings. The Labute approximate surface area is 84.6 Å². The number of hydrogen-bond donors (Lipinski definition) is 2. The summed E-state index contributed by atoms with van der Waals surface area (Å²) >= 11 is 3.02. The predicted molar refractivity (Wildman–Crippen MR) is 53.1 cm³/mol. The van der Waals surface area contributed by atoms with Gasteiger partial charge in [0, 0.05) is 10.2 Å². The van der Waals surface area contributed by atoms with E-state index in [2.05, 4.69) is 15.9 Å². The monoisotopic (exact) mass is 265 g/mol. The summed E-state index contributed by atoms with van der Waals surface area (Å²) in [5, 5.41) is 0. The molecule has 0 heterocycles. The minimum atomic E-state index is -4.20. The summed E-state index contributed by atoms with van der Waals surface area (Å²) in [6, 6.07) is 2.76. The molecule has 0 saturated heterocycles. The molecule has 3 N–H and O–H groups in total. The Bertz CT molecular complexity index is 441. The molecule has 1 rings (SSSR count). The zero-order chi connectivity index (χ0) is 10.2. The summed E-state index contributed by atoms with van der Waals surface area (Å²) in [6.07, 6.45) is 0. The summed E-state index contributed by atoms with van der Waals surface area (Å²) in [6.45, 7) is 1.74. The van der Waals surface area contributed by atoms with Crippen LogP contribution in [0.2, 0.25) is 0 Å². The SMILES string of the molecule is Cc1cc(Br)c(S(=O)(=O)O)cc1N. The van der Waals surface area contributed by atoms with E-state index in [1.807, 2.05) is 0 Å². The van der Waals surface area contributed by atoms with E-state index in [4.69, 9.17) is 10.3 Å². The largest absolute Gasteiger partial charge is 0.398 e. The summed E-state index contributed by atoms with van der Waals surface area (Å²) in [5.41, 5.74) is 6.57. The van der Waals surface area contributed by atoms with Gasteiger partial charge in [0.25, 0.3) is 10.1 Å². The number of nitrogens with two attached hydrogens (primary N) is 1. The van der Waals surface area contributed by atoms with Crippen molar-refractivity contribution in [2.45, 2.75) is 11.8 Å².